The van der Waals surface area contributed by atoms with E-state index in [4.69, 9.17) is 0 Å². The highest BCUT2D eigenvalue weighted by atomic mass is 19.1. The highest BCUT2D eigenvalue weighted by Crippen LogP contribution is 2.22. The van der Waals surface area contributed by atoms with Crippen LogP contribution in [0.3, 0.4) is 0 Å². The fourth-order valence-corrected chi connectivity index (χ4v) is 2.28. The number of aliphatic hydroxyl groups excluding tert-OH is 1. The molecule has 2 aromatic rings. The molecule has 2 N–H and O–H groups in total. The third kappa shape index (κ3) is 3.58. The minimum absolute atomic E-state index is 0.0299. The van der Waals surface area contributed by atoms with Crippen LogP contribution >= 0.6 is 0 Å². The van der Waals surface area contributed by atoms with Crippen LogP contribution < -0.4 is 5.32 Å². The number of para-hydroxylation sites is 1. The van der Waals surface area contributed by atoms with E-state index in [1.807, 2.05) is 44.2 Å². The summed E-state index contributed by atoms with van der Waals surface area (Å²) < 4.78 is 13.3. The lowest BCUT2D eigenvalue weighted by molar-refractivity contribution is 0.222. The number of aryl methyl sites for hydroxylation is 1. The van der Waals surface area contributed by atoms with Crippen molar-refractivity contribution in [2.24, 2.45) is 0 Å². The van der Waals surface area contributed by atoms with Gasteiger partial charge in [-0.25, -0.2) is 4.39 Å². The average molecular weight is 273 g/mol. The molecule has 3 heteroatoms. The van der Waals surface area contributed by atoms with E-state index in [2.05, 4.69) is 5.32 Å². The molecule has 2 rings (SSSR count). The van der Waals surface area contributed by atoms with Crippen molar-refractivity contribution < 1.29 is 9.50 Å². The summed E-state index contributed by atoms with van der Waals surface area (Å²) in [7, 11) is 0. The second-order valence-corrected chi connectivity index (χ2v) is 5.47. The lowest BCUT2D eigenvalue weighted by atomic mass is 9.92. The molecule has 0 aliphatic rings. The van der Waals surface area contributed by atoms with Crippen molar-refractivity contribution in [3.63, 3.8) is 0 Å². The molecule has 0 fully saturated rings. The first-order chi connectivity index (χ1) is 9.52. The van der Waals surface area contributed by atoms with Crippen LogP contribution in [0.1, 0.15) is 18.1 Å². The van der Waals surface area contributed by atoms with E-state index in [-0.39, 0.29) is 12.4 Å². The maximum Gasteiger partial charge on any atom is 0.123 e. The van der Waals surface area contributed by atoms with Gasteiger partial charge in [-0.2, -0.15) is 0 Å². The van der Waals surface area contributed by atoms with Crippen LogP contribution in [0.2, 0.25) is 0 Å². The summed E-state index contributed by atoms with van der Waals surface area (Å²) in [6, 6.07) is 14.4. The summed E-state index contributed by atoms with van der Waals surface area (Å²) in [5, 5.41) is 13.1. The molecule has 0 radical (unpaired) electrons. The smallest absolute Gasteiger partial charge is 0.123 e. The van der Waals surface area contributed by atoms with Crippen molar-refractivity contribution >= 4 is 5.69 Å². The fourth-order valence-electron chi connectivity index (χ4n) is 2.28. The first-order valence-electron chi connectivity index (χ1n) is 6.71. The van der Waals surface area contributed by atoms with Crippen LogP contribution in [-0.4, -0.2) is 17.3 Å². The first-order valence-corrected chi connectivity index (χ1v) is 6.71. The van der Waals surface area contributed by atoms with Crippen molar-refractivity contribution in [3.8, 4) is 0 Å². The quantitative estimate of drug-likeness (QED) is 0.873. The van der Waals surface area contributed by atoms with Gasteiger partial charge in [-0.3, -0.25) is 0 Å². The molecular weight excluding hydrogens is 253 g/mol. The third-order valence-corrected chi connectivity index (χ3v) is 3.41. The van der Waals surface area contributed by atoms with Gasteiger partial charge in [-0.05, 0) is 49.6 Å². The van der Waals surface area contributed by atoms with E-state index in [1.165, 1.54) is 12.1 Å². The lowest BCUT2D eigenvalue weighted by Gasteiger charge is -2.31. The molecule has 1 unspecified atom stereocenters. The molecule has 0 aliphatic carbocycles. The van der Waals surface area contributed by atoms with E-state index >= 15 is 0 Å². The monoisotopic (exact) mass is 273 g/mol. The van der Waals surface area contributed by atoms with E-state index < -0.39 is 5.54 Å². The molecular formula is C17H20FNO. The number of halogens is 1. The van der Waals surface area contributed by atoms with Crippen LogP contribution in [0.4, 0.5) is 10.1 Å². The average Bonchev–Trinajstić information content (AvgIpc) is 2.41. The second-order valence-electron chi connectivity index (χ2n) is 5.47. The summed E-state index contributed by atoms with van der Waals surface area (Å²) in [6.07, 6.45) is 0.551. The molecule has 0 spiro atoms. The van der Waals surface area contributed by atoms with Gasteiger partial charge in [-0.1, -0.05) is 30.3 Å². The normalized spacial score (nSPS) is 13.8. The molecule has 0 saturated heterocycles. The van der Waals surface area contributed by atoms with Crippen molar-refractivity contribution in [1.82, 2.24) is 0 Å². The predicted octanol–water partition coefficient (Wildman–Crippen LogP) is 3.54. The Balaban J connectivity index is 2.19. The molecule has 2 aromatic carbocycles. The molecule has 2 nitrogen and oxygen atoms in total. The number of anilines is 1. The Kier molecular flexibility index (Phi) is 4.40. The number of hydrogen-bond donors (Lipinski definition) is 2. The minimum Gasteiger partial charge on any atom is -0.394 e. The zero-order valence-electron chi connectivity index (χ0n) is 11.9. The van der Waals surface area contributed by atoms with E-state index in [0.717, 1.165) is 16.8 Å². The lowest BCUT2D eigenvalue weighted by Crippen LogP contribution is -2.41. The van der Waals surface area contributed by atoms with Crippen LogP contribution in [0, 0.1) is 12.7 Å². The van der Waals surface area contributed by atoms with Gasteiger partial charge in [0.25, 0.3) is 0 Å². The Bertz CT molecular complexity index is 585. The molecule has 1 atom stereocenters. The van der Waals surface area contributed by atoms with Crippen LogP contribution in [0.5, 0.6) is 0 Å². The fraction of sp³-hybridized carbons (Fsp3) is 0.294. The van der Waals surface area contributed by atoms with Gasteiger partial charge in [-0.15, -0.1) is 0 Å². The Labute approximate surface area is 119 Å². The van der Waals surface area contributed by atoms with Gasteiger partial charge in [0.2, 0.25) is 0 Å². The highest BCUT2D eigenvalue weighted by molar-refractivity contribution is 5.52. The molecule has 0 amide bonds. The SMILES string of the molecule is Cc1ccccc1NC(C)(CO)Cc1cccc(F)c1. The van der Waals surface area contributed by atoms with Crippen LogP contribution in [0.25, 0.3) is 0 Å². The Hall–Kier alpha value is -1.87. The number of hydrogen-bond acceptors (Lipinski definition) is 2. The summed E-state index contributed by atoms with van der Waals surface area (Å²) in [5.74, 6) is -0.251. The van der Waals surface area contributed by atoms with E-state index in [9.17, 15) is 9.50 Å². The first kappa shape index (κ1) is 14.5. The van der Waals surface area contributed by atoms with E-state index in [0.29, 0.717) is 6.42 Å². The molecule has 106 valence electrons. The molecule has 0 heterocycles. The van der Waals surface area contributed by atoms with Gasteiger partial charge < -0.3 is 10.4 Å². The highest BCUT2D eigenvalue weighted by Gasteiger charge is 2.24. The Morgan fingerprint density at radius 1 is 1.15 bits per heavy atom. The Morgan fingerprint density at radius 3 is 2.55 bits per heavy atom. The summed E-state index contributed by atoms with van der Waals surface area (Å²) in [4.78, 5) is 0. The summed E-state index contributed by atoms with van der Waals surface area (Å²) in [5.41, 5.74) is 2.44. The zero-order valence-corrected chi connectivity index (χ0v) is 11.9. The molecule has 0 aromatic heterocycles. The molecule has 20 heavy (non-hydrogen) atoms. The zero-order chi connectivity index (χ0) is 14.6. The van der Waals surface area contributed by atoms with Crippen molar-refractivity contribution in [3.05, 3.63) is 65.5 Å². The van der Waals surface area contributed by atoms with Crippen molar-refractivity contribution in [2.75, 3.05) is 11.9 Å². The number of rotatable bonds is 5. The van der Waals surface area contributed by atoms with Gasteiger partial charge in [0.05, 0.1) is 12.1 Å². The minimum atomic E-state index is -0.528. The Morgan fingerprint density at radius 2 is 1.90 bits per heavy atom. The maximum atomic E-state index is 13.3. The predicted molar refractivity (Wildman–Crippen MR) is 80.4 cm³/mol. The van der Waals surface area contributed by atoms with Crippen LogP contribution in [-0.2, 0) is 6.42 Å². The van der Waals surface area contributed by atoms with Gasteiger partial charge in [0.15, 0.2) is 0 Å². The summed E-state index contributed by atoms with van der Waals surface area (Å²) in [6.45, 7) is 3.92. The number of aliphatic hydroxyl groups is 1. The van der Waals surface area contributed by atoms with Crippen molar-refractivity contribution in [2.45, 2.75) is 25.8 Å². The number of nitrogens with one attached hydrogen (secondary N) is 1. The van der Waals surface area contributed by atoms with Gasteiger partial charge in [0, 0.05) is 5.69 Å². The molecule has 0 bridgehead atoms. The summed E-state index contributed by atoms with van der Waals surface area (Å²) >= 11 is 0. The standard InChI is InChI=1S/C17H20FNO/c1-13-6-3-4-9-16(13)19-17(2,12-20)11-14-7-5-8-15(18)10-14/h3-10,19-20H,11-12H2,1-2H3. The largest absolute Gasteiger partial charge is 0.394 e. The molecule has 0 saturated carbocycles. The van der Waals surface area contributed by atoms with Crippen LogP contribution in [0.15, 0.2) is 48.5 Å². The van der Waals surface area contributed by atoms with Gasteiger partial charge in [0.1, 0.15) is 5.82 Å². The molecule has 0 aliphatic heterocycles. The van der Waals surface area contributed by atoms with Gasteiger partial charge >= 0.3 is 0 Å². The maximum absolute atomic E-state index is 13.3. The van der Waals surface area contributed by atoms with Crippen molar-refractivity contribution in [1.29, 1.82) is 0 Å². The second kappa shape index (κ2) is 6.06. The van der Waals surface area contributed by atoms with E-state index in [1.54, 1.807) is 6.07 Å². The topological polar surface area (TPSA) is 32.3 Å². The number of benzene rings is 2. The third-order valence-electron chi connectivity index (χ3n) is 3.41.